The van der Waals surface area contributed by atoms with Gasteiger partial charge < -0.3 is 0 Å². The molecular formula is C19H36. The molecule has 0 aliphatic carbocycles. The van der Waals surface area contributed by atoms with Crippen LogP contribution in [0.5, 0.6) is 0 Å². The molecule has 19 heavy (non-hydrogen) atoms. The van der Waals surface area contributed by atoms with Crippen molar-refractivity contribution in [2.45, 2.75) is 104 Å². The van der Waals surface area contributed by atoms with Gasteiger partial charge in [0.2, 0.25) is 0 Å². The summed E-state index contributed by atoms with van der Waals surface area (Å²) in [5.41, 5.74) is 0. The first-order valence-corrected chi connectivity index (χ1v) is 8.73. The Bertz CT molecular complexity index is 216. The topological polar surface area (TPSA) is 0 Å². The molecule has 0 saturated carbocycles. The van der Waals surface area contributed by atoms with E-state index in [1.54, 1.807) is 0 Å². The Morgan fingerprint density at radius 1 is 0.632 bits per heavy atom. The minimum atomic E-state index is 0.852. The summed E-state index contributed by atoms with van der Waals surface area (Å²) < 4.78 is 0. The molecule has 0 bridgehead atoms. The molecule has 0 aromatic carbocycles. The first-order chi connectivity index (χ1) is 9.27. The van der Waals surface area contributed by atoms with Crippen molar-refractivity contribution in [2.75, 3.05) is 0 Å². The third-order valence-corrected chi connectivity index (χ3v) is 3.61. The first kappa shape index (κ1) is 18.6. The fraction of sp³-hybridized carbons (Fsp3) is 0.895. The second-order valence-corrected chi connectivity index (χ2v) is 6.22. The highest BCUT2D eigenvalue weighted by molar-refractivity contribution is 4.98. The quantitative estimate of drug-likeness (QED) is 0.270. The van der Waals surface area contributed by atoms with Gasteiger partial charge in [-0.15, -0.1) is 11.8 Å². The van der Waals surface area contributed by atoms with Gasteiger partial charge in [0.05, 0.1) is 0 Å². The van der Waals surface area contributed by atoms with Crippen molar-refractivity contribution in [3.05, 3.63) is 0 Å². The van der Waals surface area contributed by atoms with Crippen molar-refractivity contribution in [3.63, 3.8) is 0 Å². The van der Waals surface area contributed by atoms with Gasteiger partial charge in [-0.1, -0.05) is 78.6 Å². The van der Waals surface area contributed by atoms with E-state index in [1.807, 2.05) is 0 Å². The minimum Gasteiger partial charge on any atom is -0.103 e. The van der Waals surface area contributed by atoms with Gasteiger partial charge in [-0.25, -0.2) is 0 Å². The average Bonchev–Trinajstić information content (AvgIpc) is 2.39. The molecule has 0 rings (SSSR count). The summed E-state index contributed by atoms with van der Waals surface area (Å²) in [5.74, 6) is 7.51. The summed E-state index contributed by atoms with van der Waals surface area (Å²) in [5, 5.41) is 0. The Morgan fingerprint density at radius 2 is 1.11 bits per heavy atom. The normalized spacial score (nSPS) is 10.5. The lowest BCUT2D eigenvalue weighted by molar-refractivity contribution is 0.542. The number of unbranched alkanes of at least 4 members (excludes halogenated alkanes) is 10. The van der Waals surface area contributed by atoms with Crippen LogP contribution in [0.4, 0.5) is 0 Å². The molecule has 0 fully saturated rings. The SMILES string of the molecule is CCCCCCCCCCC#CCCCCC(C)C. The second-order valence-electron chi connectivity index (χ2n) is 6.22. The fourth-order valence-electron chi connectivity index (χ4n) is 2.29. The van der Waals surface area contributed by atoms with E-state index in [2.05, 4.69) is 32.6 Å². The summed E-state index contributed by atoms with van der Waals surface area (Å²) in [6.07, 6.45) is 17.4. The zero-order chi connectivity index (χ0) is 14.2. The van der Waals surface area contributed by atoms with Gasteiger partial charge in [-0.3, -0.25) is 0 Å². The van der Waals surface area contributed by atoms with Crippen LogP contribution in [0.3, 0.4) is 0 Å². The Kier molecular flexibility index (Phi) is 15.3. The van der Waals surface area contributed by atoms with Crippen molar-refractivity contribution in [1.82, 2.24) is 0 Å². The Morgan fingerprint density at radius 3 is 1.63 bits per heavy atom. The summed E-state index contributed by atoms with van der Waals surface area (Å²) >= 11 is 0. The molecule has 112 valence electrons. The van der Waals surface area contributed by atoms with Crippen molar-refractivity contribution >= 4 is 0 Å². The maximum atomic E-state index is 3.33. The van der Waals surface area contributed by atoms with Crippen LogP contribution in [0, 0.1) is 17.8 Å². The van der Waals surface area contributed by atoms with Gasteiger partial charge in [-0.2, -0.15) is 0 Å². The lowest BCUT2D eigenvalue weighted by atomic mass is 10.1. The van der Waals surface area contributed by atoms with Crippen molar-refractivity contribution < 1.29 is 0 Å². The van der Waals surface area contributed by atoms with E-state index in [0.717, 1.165) is 18.8 Å². The molecule has 0 spiro atoms. The van der Waals surface area contributed by atoms with Crippen LogP contribution < -0.4 is 0 Å². The Balaban J connectivity index is 3.09. The molecule has 0 aliphatic rings. The second kappa shape index (κ2) is 15.6. The Hall–Kier alpha value is -0.440. The van der Waals surface area contributed by atoms with Crippen molar-refractivity contribution in [1.29, 1.82) is 0 Å². The monoisotopic (exact) mass is 264 g/mol. The molecular weight excluding hydrogens is 228 g/mol. The number of hydrogen-bond acceptors (Lipinski definition) is 0. The highest BCUT2D eigenvalue weighted by Crippen LogP contribution is 2.09. The molecule has 0 atom stereocenters. The van der Waals surface area contributed by atoms with Crippen molar-refractivity contribution in [3.8, 4) is 11.8 Å². The summed E-state index contributed by atoms with van der Waals surface area (Å²) in [6, 6.07) is 0. The highest BCUT2D eigenvalue weighted by Gasteiger charge is 1.92. The van der Waals surface area contributed by atoms with Gasteiger partial charge in [0, 0.05) is 12.8 Å². The highest BCUT2D eigenvalue weighted by atomic mass is 14.0. The predicted molar refractivity (Wildman–Crippen MR) is 88.3 cm³/mol. The largest absolute Gasteiger partial charge is 0.103 e. The maximum Gasteiger partial charge on any atom is 0.00886 e. The van der Waals surface area contributed by atoms with Gasteiger partial charge >= 0.3 is 0 Å². The predicted octanol–water partition coefficient (Wildman–Crippen LogP) is 6.74. The summed E-state index contributed by atoms with van der Waals surface area (Å²) in [4.78, 5) is 0. The van der Waals surface area contributed by atoms with Crippen LogP contribution in [-0.4, -0.2) is 0 Å². The molecule has 0 nitrogen and oxygen atoms in total. The smallest absolute Gasteiger partial charge is 0.00886 e. The molecule has 0 aromatic rings. The summed E-state index contributed by atoms with van der Waals surface area (Å²) in [6.45, 7) is 6.88. The van der Waals surface area contributed by atoms with E-state index < -0.39 is 0 Å². The maximum absolute atomic E-state index is 3.33. The molecule has 0 heteroatoms. The van der Waals surface area contributed by atoms with Gasteiger partial charge in [-0.05, 0) is 18.8 Å². The minimum absolute atomic E-state index is 0.852. The molecule has 0 aliphatic heterocycles. The van der Waals surface area contributed by atoms with Gasteiger partial charge in [0.25, 0.3) is 0 Å². The standard InChI is InChI=1S/C19H36/c1-4-5-6-7-8-9-10-11-12-13-14-15-16-17-18-19(2)3/h19H,4-12,15-18H2,1-3H3. The van der Waals surface area contributed by atoms with Gasteiger partial charge in [0.1, 0.15) is 0 Å². The molecule has 0 unspecified atom stereocenters. The van der Waals surface area contributed by atoms with Crippen LogP contribution in [0.15, 0.2) is 0 Å². The molecule has 0 N–H and O–H groups in total. The fourth-order valence-corrected chi connectivity index (χ4v) is 2.29. The van der Waals surface area contributed by atoms with E-state index in [1.165, 1.54) is 70.6 Å². The van der Waals surface area contributed by atoms with E-state index >= 15 is 0 Å². The third kappa shape index (κ3) is 17.6. The van der Waals surface area contributed by atoms with E-state index in [4.69, 9.17) is 0 Å². The van der Waals surface area contributed by atoms with Crippen molar-refractivity contribution in [2.24, 2.45) is 5.92 Å². The Labute approximate surface area is 122 Å². The van der Waals surface area contributed by atoms with Crippen LogP contribution >= 0.6 is 0 Å². The molecule has 0 amide bonds. The zero-order valence-electron chi connectivity index (χ0n) is 13.8. The number of hydrogen-bond donors (Lipinski definition) is 0. The van der Waals surface area contributed by atoms with E-state index in [-0.39, 0.29) is 0 Å². The molecule has 0 saturated heterocycles. The van der Waals surface area contributed by atoms with Crippen LogP contribution in [0.2, 0.25) is 0 Å². The average molecular weight is 264 g/mol. The van der Waals surface area contributed by atoms with E-state index in [0.29, 0.717) is 0 Å². The summed E-state index contributed by atoms with van der Waals surface area (Å²) in [7, 11) is 0. The molecule has 0 heterocycles. The van der Waals surface area contributed by atoms with Crippen LogP contribution in [0.25, 0.3) is 0 Å². The van der Waals surface area contributed by atoms with Gasteiger partial charge in [0.15, 0.2) is 0 Å². The van der Waals surface area contributed by atoms with Crippen LogP contribution in [0.1, 0.15) is 104 Å². The molecule has 0 aromatic heterocycles. The number of rotatable bonds is 12. The third-order valence-electron chi connectivity index (χ3n) is 3.61. The zero-order valence-corrected chi connectivity index (χ0v) is 13.8. The van der Waals surface area contributed by atoms with Crippen LogP contribution in [-0.2, 0) is 0 Å². The first-order valence-electron chi connectivity index (χ1n) is 8.73. The lowest BCUT2D eigenvalue weighted by Gasteiger charge is -2.01. The lowest BCUT2D eigenvalue weighted by Crippen LogP contribution is -1.86. The van der Waals surface area contributed by atoms with E-state index in [9.17, 15) is 0 Å². The molecule has 0 radical (unpaired) electrons.